The number of rotatable bonds is 4. The third kappa shape index (κ3) is 2.00. The Kier molecular flexibility index (Phi) is 3.06. The normalized spacial score (nSPS) is 30.7. The van der Waals surface area contributed by atoms with E-state index in [1.807, 2.05) is 35.0 Å². The second kappa shape index (κ2) is 5.14. The van der Waals surface area contributed by atoms with Crippen molar-refractivity contribution >= 4 is 0 Å². The highest BCUT2D eigenvalue weighted by atomic mass is 16.5. The Bertz CT molecular complexity index is 694. The van der Waals surface area contributed by atoms with Crippen LogP contribution in [-0.2, 0) is 11.3 Å². The van der Waals surface area contributed by atoms with Gasteiger partial charge in [0.25, 0.3) is 0 Å². The van der Waals surface area contributed by atoms with E-state index in [0.29, 0.717) is 23.5 Å². The van der Waals surface area contributed by atoms with E-state index in [-0.39, 0.29) is 0 Å². The van der Waals surface area contributed by atoms with Crippen LogP contribution in [0.5, 0.6) is 0 Å². The van der Waals surface area contributed by atoms with E-state index in [1.54, 1.807) is 6.33 Å². The first kappa shape index (κ1) is 13.7. The Hall–Kier alpha value is -1.72. The molecule has 0 amide bonds. The van der Waals surface area contributed by atoms with E-state index in [2.05, 4.69) is 15.4 Å². The van der Waals surface area contributed by atoms with Crippen LogP contribution < -0.4 is 5.32 Å². The molecular formula is C18H22N4O. The largest absolute Gasteiger partial charge is 0.377 e. The lowest BCUT2D eigenvalue weighted by Gasteiger charge is -2.63. The quantitative estimate of drug-likeness (QED) is 0.941. The Balaban J connectivity index is 1.27. The van der Waals surface area contributed by atoms with Crippen LogP contribution in [-0.4, -0.2) is 33.5 Å². The molecule has 1 aliphatic heterocycles. The average molecular weight is 310 g/mol. The number of hydrogen-bond donors (Lipinski definition) is 1. The number of benzene rings is 1. The molecule has 1 aromatic carbocycles. The van der Waals surface area contributed by atoms with E-state index in [1.165, 1.54) is 25.7 Å². The van der Waals surface area contributed by atoms with Crippen LogP contribution in [0.3, 0.4) is 0 Å². The van der Waals surface area contributed by atoms with Gasteiger partial charge < -0.3 is 10.1 Å². The van der Waals surface area contributed by atoms with Crippen LogP contribution in [0.15, 0.2) is 36.7 Å². The summed E-state index contributed by atoms with van der Waals surface area (Å²) in [5, 5.41) is 8.35. The summed E-state index contributed by atoms with van der Waals surface area (Å²) in [5.41, 5.74) is 1.47. The smallest absolute Gasteiger partial charge is 0.164 e. The van der Waals surface area contributed by atoms with Gasteiger partial charge in [0, 0.05) is 24.0 Å². The van der Waals surface area contributed by atoms with Crippen LogP contribution in [0.2, 0.25) is 0 Å². The van der Waals surface area contributed by atoms with Crippen LogP contribution in [0.4, 0.5) is 0 Å². The molecule has 3 fully saturated rings. The van der Waals surface area contributed by atoms with Crippen LogP contribution in [0.1, 0.15) is 31.5 Å². The van der Waals surface area contributed by atoms with Crippen molar-refractivity contribution in [2.45, 2.75) is 44.4 Å². The first-order valence-electron chi connectivity index (χ1n) is 8.68. The highest BCUT2D eigenvalue weighted by Gasteiger charge is 2.66. The van der Waals surface area contributed by atoms with Crippen molar-refractivity contribution in [3.8, 4) is 5.69 Å². The molecule has 3 unspecified atom stereocenters. The lowest BCUT2D eigenvalue weighted by molar-refractivity contribution is -0.176. The van der Waals surface area contributed by atoms with Gasteiger partial charge in [-0.2, -0.15) is 0 Å². The van der Waals surface area contributed by atoms with Crippen molar-refractivity contribution in [3.05, 3.63) is 42.5 Å². The standard InChI is InChI=1S/C18H22N4O/c1-2-5-13(6-3-1)22-12-20-15(21-22)11-19-16-14-7-10-23-17(14)18(16)8-4-9-18/h1-3,5-6,12,14,16-17,19H,4,7-11H2. The lowest BCUT2D eigenvalue weighted by atomic mass is 9.46. The first-order chi connectivity index (χ1) is 11.4. The van der Waals surface area contributed by atoms with Crippen molar-refractivity contribution in [2.24, 2.45) is 11.3 Å². The van der Waals surface area contributed by atoms with Gasteiger partial charge in [0.05, 0.1) is 18.3 Å². The molecule has 0 bridgehead atoms. The fourth-order valence-electron chi connectivity index (χ4n) is 4.84. The number of para-hydroxylation sites is 1. The first-order valence-corrected chi connectivity index (χ1v) is 8.68. The second-order valence-corrected chi connectivity index (χ2v) is 7.13. The maximum atomic E-state index is 5.98. The summed E-state index contributed by atoms with van der Waals surface area (Å²) in [4.78, 5) is 4.46. The van der Waals surface area contributed by atoms with Crippen LogP contribution in [0.25, 0.3) is 5.69 Å². The molecule has 2 saturated carbocycles. The zero-order valence-corrected chi connectivity index (χ0v) is 13.2. The Morgan fingerprint density at radius 2 is 2.13 bits per heavy atom. The molecular weight excluding hydrogens is 288 g/mol. The minimum atomic E-state index is 0.420. The molecule has 2 aromatic rings. The van der Waals surface area contributed by atoms with Crippen molar-refractivity contribution < 1.29 is 4.74 Å². The van der Waals surface area contributed by atoms with E-state index in [9.17, 15) is 0 Å². The molecule has 0 radical (unpaired) electrons. The number of fused-ring (bicyclic) bond motifs is 2. The number of nitrogens with one attached hydrogen (secondary N) is 1. The topological polar surface area (TPSA) is 52.0 Å². The average Bonchev–Trinajstić information content (AvgIpc) is 3.16. The van der Waals surface area contributed by atoms with Gasteiger partial charge >= 0.3 is 0 Å². The van der Waals surface area contributed by atoms with E-state index in [4.69, 9.17) is 4.74 Å². The van der Waals surface area contributed by atoms with Gasteiger partial charge in [0.15, 0.2) is 5.82 Å². The van der Waals surface area contributed by atoms with Crippen molar-refractivity contribution in [2.75, 3.05) is 6.61 Å². The van der Waals surface area contributed by atoms with Crippen molar-refractivity contribution in [3.63, 3.8) is 0 Å². The third-order valence-electron chi connectivity index (χ3n) is 6.08. The molecule has 5 heteroatoms. The SMILES string of the molecule is c1ccc(-n2cnc(CNC3C4CCOC4C34CCC4)n2)cc1. The van der Waals surface area contributed by atoms with Gasteiger partial charge in [0.2, 0.25) is 0 Å². The number of hydrogen-bond acceptors (Lipinski definition) is 4. The highest BCUT2D eigenvalue weighted by Crippen LogP contribution is 2.62. The minimum Gasteiger partial charge on any atom is -0.377 e. The maximum absolute atomic E-state index is 5.98. The predicted octanol–water partition coefficient (Wildman–Crippen LogP) is 2.31. The minimum absolute atomic E-state index is 0.420. The maximum Gasteiger partial charge on any atom is 0.164 e. The summed E-state index contributed by atoms with van der Waals surface area (Å²) in [6, 6.07) is 10.7. The molecule has 2 aliphatic carbocycles. The van der Waals surface area contributed by atoms with Crippen molar-refractivity contribution in [1.29, 1.82) is 0 Å². The fraction of sp³-hybridized carbons (Fsp3) is 0.556. The molecule has 5 nitrogen and oxygen atoms in total. The molecule has 2 heterocycles. The Morgan fingerprint density at radius 3 is 2.91 bits per heavy atom. The Morgan fingerprint density at radius 1 is 1.26 bits per heavy atom. The van der Waals surface area contributed by atoms with Crippen molar-refractivity contribution in [1.82, 2.24) is 20.1 Å². The summed E-state index contributed by atoms with van der Waals surface area (Å²) in [7, 11) is 0. The van der Waals surface area contributed by atoms with E-state index >= 15 is 0 Å². The number of ether oxygens (including phenoxy) is 1. The monoisotopic (exact) mass is 310 g/mol. The molecule has 1 spiro atoms. The molecule has 1 N–H and O–H groups in total. The fourth-order valence-corrected chi connectivity index (χ4v) is 4.84. The summed E-state index contributed by atoms with van der Waals surface area (Å²) >= 11 is 0. The summed E-state index contributed by atoms with van der Waals surface area (Å²) in [5.74, 6) is 1.57. The third-order valence-corrected chi connectivity index (χ3v) is 6.08. The molecule has 5 rings (SSSR count). The van der Waals surface area contributed by atoms with E-state index < -0.39 is 0 Å². The predicted molar refractivity (Wildman–Crippen MR) is 86.1 cm³/mol. The second-order valence-electron chi connectivity index (χ2n) is 7.13. The van der Waals surface area contributed by atoms with E-state index in [0.717, 1.165) is 24.7 Å². The molecule has 1 aromatic heterocycles. The zero-order chi connectivity index (χ0) is 15.3. The van der Waals surface area contributed by atoms with Gasteiger partial charge in [0.1, 0.15) is 6.33 Å². The van der Waals surface area contributed by atoms with Crippen LogP contribution in [0, 0.1) is 11.3 Å². The van der Waals surface area contributed by atoms with Crippen LogP contribution >= 0.6 is 0 Å². The molecule has 120 valence electrons. The van der Waals surface area contributed by atoms with Gasteiger partial charge in [-0.15, -0.1) is 5.10 Å². The van der Waals surface area contributed by atoms with Gasteiger partial charge in [-0.1, -0.05) is 24.6 Å². The van der Waals surface area contributed by atoms with Gasteiger partial charge in [-0.3, -0.25) is 0 Å². The lowest BCUT2D eigenvalue weighted by Crippen LogP contribution is -2.70. The molecule has 23 heavy (non-hydrogen) atoms. The zero-order valence-electron chi connectivity index (χ0n) is 13.2. The van der Waals surface area contributed by atoms with Gasteiger partial charge in [-0.25, -0.2) is 9.67 Å². The molecule has 1 saturated heterocycles. The summed E-state index contributed by atoms with van der Waals surface area (Å²) < 4.78 is 7.82. The summed E-state index contributed by atoms with van der Waals surface area (Å²) in [6.45, 7) is 1.69. The number of nitrogens with zero attached hydrogens (tertiary/aromatic N) is 3. The number of aromatic nitrogens is 3. The highest BCUT2D eigenvalue weighted by molar-refractivity contribution is 5.29. The molecule has 3 aliphatic rings. The van der Waals surface area contributed by atoms with Gasteiger partial charge in [-0.05, 0) is 31.4 Å². The summed E-state index contributed by atoms with van der Waals surface area (Å²) in [6.07, 6.45) is 7.51. The Labute approximate surface area is 136 Å². The molecule has 3 atom stereocenters.